The van der Waals surface area contributed by atoms with Crippen LogP contribution >= 0.6 is 11.6 Å². The van der Waals surface area contributed by atoms with Gasteiger partial charge in [-0.05, 0) is 29.8 Å². The van der Waals surface area contributed by atoms with Gasteiger partial charge in [0.1, 0.15) is 5.75 Å². The lowest BCUT2D eigenvalue weighted by molar-refractivity contribution is -0.134. The number of halogens is 1. The molecule has 0 amide bonds. The zero-order chi connectivity index (χ0) is 16.4. The van der Waals surface area contributed by atoms with Crippen LogP contribution < -0.4 is 4.74 Å². The van der Waals surface area contributed by atoms with Gasteiger partial charge in [0, 0.05) is 16.7 Å². The standard InChI is InChI=1S/C18H15ClO4/c1-22-17(20)10-9-16-18(21,12-5-3-2-4-6-12)14-11-13(19)7-8-15(14)23-16/h2-11,16,21H,1H3. The maximum absolute atomic E-state index is 11.4. The fourth-order valence-electron chi connectivity index (χ4n) is 2.70. The third-order valence-electron chi connectivity index (χ3n) is 3.84. The van der Waals surface area contributed by atoms with Crippen LogP contribution in [0.3, 0.4) is 0 Å². The van der Waals surface area contributed by atoms with Gasteiger partial charge in [-0.15, -0.1) is 0 Å². The summed E-state index contributed by atoms with van der Waals surface area (Å²) < 4.78 is 10.4. The number of benzene rings is 2. The van der Waals surface area contributed by atoms with E-state index in [0.717, 1.165) is 0 Å². The summed E-state index contributed by atoms with van der Waals surface area (Å²) in [5, 5.41) is 11.9. The molecule has 0 aliphatic carbocycles. The van der Waals surface area contributed by atoms with Crippen molar-refractivity contribution in [1.82, 2.24) is 0 Å². The largest absolute Gasteiger partial charge is 0.482 e. The van der Waals surface area contributed by atoms with Crippen molar-refractivity contribution in [2.24, 2.45) is 0 Å². The van der Waals surface area contributed by atoms with E-state index in [-0.39, 0.29) is 0 Å². The van der Waals surface area contributed by atoms with Gasteiger partial charge in [-0.3, -0.25) is 0 Å². The molecule has 0 fully saturated rings. The molecule has 2 aromatic carbocycles. The lowest BCUT2D eigenvalue weighted by Crippen LogP contribution is -2.38. The lowest BCUT2D eigenvalue weighted by atomic mass is 9.83. The number of hydrogen-bond acceptors (Lipinski definition) is 4. The highest BCUT2D eigenvalue weighted by molar-refractivity contribution is 6.30. The molecule has 1 aliphatic rings. The molecule has 1 aliphatic heterocycles. The van der Waals surface area contributed by atoms with Crippen molar-refractivity contribution in [2.45, 2.75) is 11.7 Å². The van der Waals surface area contributed by atoms with E-state index in [1.807, 2.05) is 18.2 Å². The maximum Gasteiger partial charge on any atom is 0.330 e. The highest BCUT2D eigenvalue weighted by atomic mass is 35.5. The molecule has 0 spiro atoms. The fourth-order valence-corrected chi connectivity index (χ4v) is 2.87. The number of fused-ring (bicyclic) bond motifs is 1. The van der Waals surface area contributed by atoms with Crippen molar-refractivity contribution < 1.29 is 19.4 Å². The first-order valence-electron chi connectivity index (χ1n) is 7.06. The second-order valence-electron chi connectivity index (χ2n) is 5.19. The van der Waals surface area contributed by atoms with Crippen LogP contribution in [-0.4, -0.2) is 24.3 Å². The molecule has 0 bridgehead atoms. The molecular weight excluding hydrogens is 316 g/mol. The van der Waals surface area contributed by atoms with E-state index >= 15 is 0 Å². The van der Waals surface area contributed by atoms with E-state index in [2.05, 4.69) is 4.74 Å². The van der Waals surface area contributed by atoms with E-state index in [9.17, 15) is 9.90 Å². The first-order chi connectivity index (χ1) is 11.1. The molecule has 2 unspecified atom stereocenters. The molecule has 2 aromatic rings. The van der Waals surface area contributed by atoms with Crippen LogP contribution in [0.5, 0.6) is 5.75 Å². The van der Waals surface area contributed by atoms with Gasteiger partial charge in [0.25, 0.3) is 0 Å². The van der Waals surface area contributed by atoms with Crippen molar-refractivity contribution in [3.05, 3.63) is 76.8 Å². The topological polar surface area (TPSA) is 55.8 Å². The Balaban J connectivity index is 2.11. The van der Waals surface area contributed by atoms with E-state index in [4.69, 9.17) is 16.3 Å². The first-order valence-corrected chi connectivity index (χ1v) is 7.44. The van der Waals surface area contributed by atoms with Gasteiger partial charge in [0.05, 0.1) is 7.11 Å². The zero-order valence-corrected chi connectivity index (χ0v) is 13.2. The van der Waals surface area contributed by atoms with Gasteiger partial charge in [0.15, 0.2) is 11.7 Å². The Bertz CT molecular complexity index is 757. The van der Waals surface area contributed by atoms with Gasteiger partial charge in [-0.1, -0.05) is 41.9 Å². The van der Waals surface area contributed by atoms with Gasteiger partial charge in [-0.2, -0.15) is 0 Å². The number of esters is 1. The van der Waals surface area contributed by atoms with E-state index in [0.29, 0.717) is 21.9 Å². The van der Waals surface area contributed by atoms with Crippen LogP contribution in [0.15, 0.2) is 60.7 Å². The van der Waals surface area contributed by atoms with Crippen LogP contribution in [0.2, 0.25) is 5.02 Å². The zero-order valence-electron chi connectivity index (χ0n) is 12.4. The Morgan fingerprint density at radius 2 is 2.04 bits per heavy atom. The Morgan fingerprint density at radius 3 is 2.74 bits per heavy atom. The predicted octanol–water partition coefficient (Wildman–Crippen LogP) is 3.07. The van der Waals surface area contributed by atoms with Crippen molar-refractivity contribution in [3.8, 4) is 5.75 Å². The SMILES string of the molecule is COC(=O)C=CC1Oc2ccc(Cl)cc2C1(O)c1ccccc1. The number of carbonyl (C=O) groups is 1. The Kier molecular flexibility index (Phi) is 4.11. The molecule has 1 N–H and O–H groups in total. The smallest absolute Gasteiger partial charge is 0.330 e. The third kappa shape index (κ3) is 2.71. The number of ether oxygens (including phenoxy) is 2. The van der Waals surface area contributed by atoms with Gasteiger partial charge in [0.2, 0.25) is 0 Å². The molecular formula is C18H15ClO4. The second-order valence-corrected chi connectivity index (χ2v) is 5.63. The minimum absolute atomic E-state index is 0.499. The first kappa shape index (κ1) is 15.6. The summed E-state index contributed by atoms with van der Waals surface area (Å²) in [5.41, 5.74) is -0.220. The molecule has 3 rings (SSSR count). The molecule has 5 heteroatoms. The highest BCUT2D eigenvalue weighted by Crippen LogP contribution is 2.47. The molecule has 0 saturated heterocycles. The van der Waals surface area contributed by atoms with Gasteiger partial charge < -0.3 is 14.6 Å². The Morgan fingerprint density at radius 1 is 1.30 bits per heavy atom. The summed E-state index contributed by atoms with van der Waals surface area (Å²) in [7, 11) is 1.29. The van der Waals surface area contributed by atoms with Crippen molar-refractivity contribution >= 4 is 17.6 Å². The minimum atomic E-state index is -1.44. The Hall–Kier alpha value is -2.30. The molecule has 0 saturated carbocycles. The Labute approximate surface area is 138 Å². The molecule has 1 heterocycles. The average Bonchev–Trinajstić information content (AvgIpc) is 2.86. The highest BCUT2D eigenvalue weighted by Gasteiger charge is 2.48. The van der Waals surface area contributed by atoms with Crippen molar-refractivity contribution in [2.75, 3.05) is 7.11 Å². The number of aliphatic hydroxyl groups is 1. The van der Waals surface area contributed by atoms with E-state index < -0.39 is 17.7 Å². The third-order valence-corrected chi connectivity index (χ3v) is 4.08. The van der Waals surface area contributed by atoms with Crippen molar-refractivity contribution in [3.63, 3.8) is 0 Å². The van der Waals surface area contributed by atoms with Gasteiger partial charge in [-0.25, -0.2) is 4.79 Å². The fraction of sp³-hybridized carbons (Fsp3) is 0.167. The maximum atomic E-state index is 11.4. The molecule has 23 heavy (non-hydrogen) atoms. The second kappa shape index (κ2) is 6.07. The van der Waals surface area contributed by atoms with Crippen LogP contribution in [0.4, 0.5) is 0 Å². The van der Waals surface area contributed by atoms with Crippen LogP contribution in [0, 0.1) is 0 Å². The summed E-state index contributed by atoms with van der Waals surface area (Å²) in [6.07, 6.45) is 1.97. The van der Waals surface area contributed by atoms with Crippen LogP contribution in [0.1, 0.15) is 11.1 Å². The molecule has 2 atom stereocenters. The summed E-state index contributed by atoms with van der Waals surface area (Å²) in [6, 6.07) is 14.2. The predicted molar refractivity (Wildman–Crippen MR) is 86.5 cm³/mol. The molecule has 118 valence electrons. The van der Waals surface area contributed by atoms with Crippen LogP contribution in [-0.2, 0) is 15.1 Å². The molecule has 0 radical (unpaired) electrons. The summed E-state index contributed by atoms with van der Waals surface area (Å²) >= 11 is 6.08. The normalized spacial score (nSPS) is 22.7. The lowest BCUT2D eigenvalue weighted by Gasteiger charge is -2.27. The van der Waals surface area contributed by atoms with Gasteiger partial charge >= 0.3 is 5.97 Å². The van der Waals surface area contributed by atoms with E-state index in [1.54, 1.807) is 30.3 Å². The number of hydrogen-bond donors (Lipinski definition) is 1. The van der Waals surface area contributed by atoms with Crippen molar-refractivity contribution in [1.29, 1.82) is 0 Å². The van der Waals surface area contributed by atoms with Crippen LogP contribution in [0.25, 0.3) is 0 Å². The number of carbonyl (C=O) groups excluding carboxylic acids is 1. The monoisotopic (exact) mass is 330 g/mol. The minimum Gasteiger partial charge on any atom is -0.482 e. The summed E-state index contributed by atoms with van der Waals surface area (Å²) in [6.45, 7) is 0. The average molecular weight is 331 g/mol. The summed E-state index contributed by atoms with van der Waals surface area (Å²) in [5.74, 6) is 0.0123. The number of rotatable bonds is 3. The van der Waals surface area contributed by atoms with E-state index in [1.165, 1.54) is 19.3 Å². The summed E-state index contributed by atoms with van der Waals surface area (Å²) in [4.78, 5) is 11.4. The quantitative estimate of drug-likeness (QED) is 0.694. The molecule has 4 nitrogen and oxygen atoms in total. The number of methoxy groups -OCH3 is 1. The molecule has 0 aromatic heterocycles.